The van der Waals surface area contributed by atoms with E-state index in [4.69, 9.17) is 0 Å². The van der Waals surface area contributed by atoms with Crippen molar-refractivity contribution in [3.8, 4) is 0 Å². The van der Waals surface area contributed by atoms with E-state index >= 15 is 0 Å². The minimum Gasteiger partial charge on any atom is -0.0836 e. The minimum absolute atomic E-state index is 1.20. The van der Waals surface area contributed by atoms with Crippen molar-refractivity contribution < 1.29 is 0 Å². The molecule has 2 rings (SSSR count). The third kappa shape index (κ3) is 2.45. The topological polar surface area (TPSA) is 0 Å². The van der Waals surface area contributed by atoms with E-state index in [0.717, 1.165) is 0 Å². The Morgan fingerprint density at radius 3 is 2.69 bits per heavy atom. The van der Waals surface area contributed by atoms with Gasteiger partial charge in [0.25, 0.3) is 0 Å². The molecule has 1 aliphatic carbocycles. The van der Waals surface area contributed by atoms with Gasteiger partial charge in [-0.2, -0.15) is 0 Å². The molecule has 0 nitrogen and oxygen atoms in total. The average Bonchev–Trinajstić information content (AvgIpc) is 2.21. The van der Waals surface area contributed by atoms with Crippen LogP contribution in [0.4, 0.5) is 0 Å². The normalized spacial score (nSPS) is 12.8. The van der Waals surface area contributed by atoms with Crippen molar-refractivity contribution in [3.05, 3.63) is 41.0 Å². The highest BCUT2D eigenvalue weighted by Gasteiger charge is 2.02. The summed E-state index contributed by atoms with van der Waals surface area (Å²) in [6, 6.07) is 6.67. The first-order valence-electron chi connectivity index (χ1n) is 5.12. The lowest BCUT2D eigenvalue weighted by molar-refractivity contribution is 0.982. The fourth-order valence-corrected chi connectivity index (χ4v) is 1.56. The maximum atomic E-state index is 2.29. The molecule has 0 atom stereocenters. The van der Waals surface area contributed by atoms with Crippen LogP contribution >= 0.6 is 0 Å². The van der Waals surface area contributed by atoms with Crippen LogP contribution in [0.2, 0.25) is 0 Å². The molecule has 0 N–H and O–H groups in total. The molecule has 1 aromatic rings. The van der Waals surface area contributed by atoms with E-state index < -0.39 is 0 Å². The Labute approximate surface area is 81.3 Å². The standard InChI is InChI=1S/C11H12.C2H6/c1-9-6-7-10-4-2-3-5-11(10)8-9;1-2/h2,4,6-8H,3,5H2,1H3;1-2H3. The van der Waals surface area contributed by atoms with Gasteiger partial charge in [-0.1, -0.05) is 49.8 Å². The molecule has 0 heteroatoms. The third-order valence-corrected chi connectivity index (χ3v) is 2.18. The summed E-state index contributed by atoms with van der Waals surface area (Å²) >= 11 is 0. The van der Waals surface area contributed by atoms with E-state index in [1.807, 2.05) is 13.8 Å². The van der Waals surface area contributed by atoms with Crippen molar-refractivity contribution in [2.75, 3.05) is 0 Å². The van der Waals surface area contributed by atoms with Gasteiger partial charge in [0, 0.05) is 0 Å². The van der Waals surface area contributed by atoms with E-state index in [2.05, 4.69) is 37.3 Å². The van der Waals surface area contributed by atoms with Crippen molar-refractivity contribution in [3.63, 3.8) is 0 Å². The second-order valence-corrected chi connectivity index (χ2v) is 3.14. The molecule has 0 unspecified atom stereocenters. The van der Waals surface area contributed by atoms with Gasteiger partial charge in [-0.05, 0) is 30.9 Å². The van der Waals surface area contributed by atoms with Crippen molar-refractivity contribution in [1.82, 2.24) is 0 Å². The summed E-state index contributed by atoms with van der Waals surface area (Å²) in [4.78, 5) is 0. The smallest absolute Gasteiger partial charge is 0.0227 e. The Balaban J connectivity index is 0.000000396. The predicted molar refractivity (Wildman–Crippen MR) is 59.9 cm³/mol. The van der Waals surface area contributed by atoms with Gasteiger partial charge in [0.15, 0.2) is 0 Å². The van der Waals surface area contributed by atoms with Crippen molar-refractivity contribution in [1.29, 1.82) is 0 Å². The first kappa shape index (κ1) is 10.0. The Morgan fingerprint density at radius 2 is 1.92 bits per heavy atom. The number of hydrogen-bond acceptors (Lipinski definition) is 0. The van der Waals surface area contributed by atoms with Crippen LogP contribution in [0.15, 0.2) is 24.3 Å². The molecule has 1 aliphatic rings. The Kier molecular flexibility index (Phi) is 3.75. The van der Waals surface area contributed by atoms with Crippen LogP contribution in [0.25, 0.3) is 6.08 Å². The Hall–Kier alpha value is -1.04. The molecule has 0 saturated carbocycles. The summed E-state index contributed by atoms with van der Waals surface area (Å²) in [5, 5.41) is 0. The lowest BCUT2D eigenvalue weighted by Gasteiger charge is -2.09. The second-order valence-electron chi connectivity index (χ2n) is 3.14. The SMILES string of the molecule is CC.Cc1ccc2c(c1)CCC=C2. The van der Waals surface area contributed by atoms with E-state index in [1.165, 1.54) is 29.5 Å². The summed E-state index contributed by atoms with van der Waals surface area (Å²) in [5.74, 6) is 0. The monoisotopic (exact) mass is 174 g/mol. The van der Waals surface area contributed by atoms with Gasteiger partial charge in [-0.3, -0.25) is 0 Å². The number of fused-ring (bicyclic) bond motifs is 1. The summed E-state index contributed by atoms with van der Waals surface area (Å²) in [6.45, 7) is 6.15. The molecule has 13 heavy (non-hydrogen) atoms. The van der Waals surface area contributed by atoms with Crippen LogP contribution in [0.1, 0.15) is 37.0 Å². The molecule has 0 aromatic heterocycles. The number of rotatable bonds is 0. The van der Waals surface area contributed by atoms with Crippen LogP contribution in [0.3, 0.4) is 0 Å². The highest BCUT2D eigenvalue weighted by atomic mass is 14.1. The maximum absolute atomic E-state index is 2.29. The Bertz CT molecular complexity index is 295. The summed E-state index contributed by atoms with van der Waals surface area (Å²) in [7, 11) is 0. The fraction of sp³-hybridized carbons (Fsp3) is 0.385. The summed E-state index contributed by atoms with van der Waals surface area (Å²) in [6.07, 6.45) is 6.89. The van der Waals surface area contributed by atoms with Gasteiger partial charge in [-0.25, -0.2) is 0 Å². The van der Waals surface area contributed by atoms with Gasteiger partial charge < -0.3 is 0 Å². The first-order chi connectivity index (χ1) is 6.36. The van der Waals surface area contributed by atoms with Gasteiger partial charge in [0.2, 0.25) is 0 Å². The number of aryl methyl sites for hydroxylation is 2. The maximum Gasteiger partial charge on any atom is -0.0227 e. The largest absolute Gasteiger partial charge is 0.0836 e. The van der Waals surface area contributed by atoms with E-state index in [0.29, 0.717) is 0 Å². The minimum atomic E-state index is 1.20. The summed E-state index contributed by atoms with van der Waals surface area (Å²) < 4.78 is 0. The van der Waals surface area contributed by atoms with Gasteiger partial charge in [0.1, 0.15) is 0 Å². The van der Waals surface area contributed by atoms with Crippen molar-refractivity contribution >= 4 is 6.08 Å². The average molecular weight is 174 g/mol. The van der Waals surface area contributed by atoms with Gasteiger partial charge >= 0.3 is 0 Å². The van der Waals surface area contributed by atoms with Crippen LogP contribution < -0.4 is 0 Å². The number of benzene rings is 1. The van der Waals surface area contributed by atoms with E-state index in [1.54, 1.807) is 0 Å². The molecular formula is C13H18. The highest BCUT2D eigenvalue weighted by molar-refractivity contribution is 5.56. The number of allylic oxidation sites excluding steroid dienone is 1. The van der Waals surface area contributed by atoms with Gasteiger partial charge in [0.05, 0.1) is 0 Å². The molecule has 0 fully saturated rings. The van der Waals surface area contributed by atoms with Crippen molar-refractivity contribution in [2.24, 2.45) is 0 Å². The summed E-state index contributed by atoms with van der Waals surface area (Å²) in [5.41, 5.74) is 4.29. The lowest BCUT2D eigenvalue weighted by Crippen LogP contribution is -1.93. The number of hydrogen-bond donors (Lipinski definition) is 0. The molecule has 0 aliphatic heterocycles. The zero-order valence-electron chi connectivity index (χ0n) is 8.80. The molecule has 0 bridgehead atoms. The van der Waals surface area contributed by atoms with Crippen molar-refractivity contribution in [2.45, 2.75) is 33.6 Å². The highest BCUT2D eigenvalue weighted by Crippen LogP contribution is 2.19. The van der Waals surface area contributed by atoms with E-state index in [-0.39, 0.29) is 0 Å². The van der Waals surface area contributed by atoms with Crippen LogP contribution in [-0.2, 0) is 6.42 Å². The van der Waals surface area contributed by atoms with E-state index in [9.17, 15) is 0 Å². The molecule has 0 saturated heterocycles. The second kappa shape index (κ2) is 4.86. The molecule has 70 valence electrons. The molecule has 0 spiro atoms. The fourth-order valence-electron chi connectivity index (χ4n) is 1.56. The lowest BCUT2D eigenvalue weighted by atomic mass is 9.96. The molecular weight excluding hydrogens is 156 g/mol. The Morgan fingerprint density at radius 1 is 1.15 bits per heavy atom. The van der Waals surface area contributed by atoms with Gasteiger partial charge in [-0.15, -0.1) is 0 Å². The van der Waals surface area contributed by atoms with Crippen LogP contribution in [0.5, 0.6) is 0 Å². The molecule has 1 aromatic carbocycles. The quantitative estimate of drug-likeness (QED) is 0.558. The molecule has 0 amide bonds. The first-order valence-corrected chi connectivity index (χ1v) is 5.12. The zero-order valence-corrected chi connectivity index (χ0v) is 8.80. The third-order valence-electron chi connectivity index (χ3n) is 2.18. The predicted octanol–water partition coefficient (Wildman–Crippen LogP) is 3.98. The van der Waals surface area contributed by atoms with Crippen LogP contribution in [-0.4, -0.2) is 0 Å². The molecule has 0 heterocycles. The van der Waals surface area contributed by atoms with Crippen LogP contribution in [0, 0.1) is 6.92 Å². The molecule has 0 radical (unpaired) electrons. The zero-order chi connectivity index (χ0) is 9.68.